The van der Waals surface area contributed by atoms with Crippen molar-refractivity contribution in [1.29, 1.82) is 0 Å². The molecule has 358 valence electrons. The summed E-state index contributed by atoms with van der Waals surface area (Å²) >= 11 is 3.56. The summed E-state index contributed by atoms with van der Waals surface area (Å²) in [5, 5.41) is 9.73. The van der Waals surface area contributed by atoms with Gasteiger partial charge in [-0.05, 0) is 138 Å². The molecule has 0 fully saturated rings. The second kappa shape index (κ2) is 21.5. The first kappa shape index (κ1) is 48.1. The van der Waals surface area contributed by atoms with Crippen LogP contribution in [0.2, 0.25) is 0 Å². The highest BCUT2D eigenvalue weighted by Crippen LogP contribution is 2.36. The fraction of sp³-hybridized carbons (Fsp3) is 0.0145. The Kier molecular flexibility index (Phi) is 13.9. The summed E-state index contributed by atoms with van der Waals surface area (Å²) in [6.45, 7) is 0. The van der Waals surface area contributed by atoms with Crippen molar-refractivity contribution >= 4 is 111 Å². The molecule has 0 aliphatic heterocycles. The molecule has 14 rings (SSSR count). The molecule has 2 aromatic heterocycles. The van der Waals surface area contributed by atoms with E-state index in [9.17, 15) is 0 Å². The first-order valence-electron chi connectivity index (χ1n) is 24.6. The number of anilines is 1. The smallest absolute Gasteiger partial charge is 0.137 e. The molecule has 2 heterocycles. The van der Waals surface area contributed by atoms with E-state index in [4.69, 9.17) is 14.6 Å². The Morgan fingerprint density at radius 3 is 1.30 bits per heavy atom. The van der Waals surface area contributed by atoms with Gasteiger partial charge in [0, 0.05) is 39.2 Å². The summed E-state index contributed by atoms with van der Waals surface area (Å²) < 4.78 is 12.9. The van der Waals surface area contributed by atoms with E-state index in [2.05, 4.69) is 234 Å². The molecule has 0 atom stereocenters. The van der Waals surface area contributed by atoms with Crippen molar-refractivity contribution in [2.75, 3.05) is 5.73 Å². The standard InChI is InChI=1S/C35H24O.C22H15Br.C12H9NO.HI.H2/c1-2-14-30-26(9-1)10-7-16-31(30)29-13-6-12-28(23-29)27-11-5-8-24(21-27)20-25-18-19-33-32-15-3-4-17-34(32)36-35(33)22-25;23-20-11-4-9-18(15-20)17-8-3-10-19(14-17)22-13-5-7-16-6-1-2-12-21(16)22;13-8-5-6-10-9-3-1-2-4-11(9)14-12(10)7-8;;/h1-19,21-23H,20H2;1-15H;1-7H,13H2;2*1H. The number of fused-ring (bicyclic) bond motifs is 8. The van der Waals surface area contributed by atoms with Gasteiger partial charge >= 0.3 is 0 Å². The molecule has 3 nitrogen and oxygen atoms in total. The average molecular weight is 1130 g/mol. The quantitative estimate of drug-likeness (QED) is 0.133. The van der Waals surface area contributed by atoms with Gasteiger partial charge in [0.15, 0.2) is 0 Å². The minimum absolute atomic E-state index is 0. The van der Waals surface area contributed by atoms with Gasteiger partial charge in [-0.2, -0.15) is 0 Å². The lowest BCUT2D eigenvalue weighted by atomic mass is 9.94. The molecule has 0 radical (unpaired) electrons. The fourth-order valence-electron chi connectivity index (χ4n) is 10.1. The van der Waals surface area contributed by atoms with Crippen molar-refractivity contribution in [2.24, 2.45) is 0 Å². The molecule has 14 aromatic rings. The number of hydrogen-bond donors (Lipinski definition) is 1. The Labute approximate surface area is 457 Å². The van der Waals surface area contributed by atoms with Crippen molar-refractivity contribution < 1.29 is 10.3 Å². The third-order valence-corrected chi connectivity index (χ3v) is 14.1. The van der Waals surface area contributed by atoms with Gasteiger partial charge in [-0.3, -0.25) is 0 Å². The monoisotopic (exact) mass is 1130 g/mol. The van der Waals surface area contributed by atoms with E-state index in [0.29, 0.717) is 0 Å². The molecule has 0 saturated heterocycles. The van der Waals surface area contributed by atoms with Crippen LogP contribution in [-0.4, -0.2) is 0 Å². The minimum atomic E-state index is 0. The molecule has 12 aromatic carbocycles. The lowest BCUT2D eigenvalue weighted by molar-refractivity contribution is 0.668. The van der Waals surface area contributed by atoms with E-state index in [0.717, 1.165) is 49.7 Å². The SMILES string of the molecule is Brc1cccc(-c2cccc(-c3cccc4ccccc34)c2)c1.I.Nc1ccc2c(c1)oc1ccccc12.[HH].c1cc(Cc2ccc3c(c2)oc2ccccc23)cc(-c2cccc(-c3cccc4ccccc34)c2)c1. The van der Waals surface area contributed by atoms with E-state index >= 15 is 0 Å². The summed E-state index contributed by atoms with van der Waals surface area (Å²) in [4.78, 5) is 0. The van der Waals surface area contributed by atoms with Gasteiger partial charge in [-0.25, -0.2) is 0 Å². The van der Waals surface area contributed by atoms with Crippen molar-refractivity contribution in [3.8, 4) is 44.5 Å². The molecular formula is C69H51BrINO2. The van der Waals surface area contributed by atoms with E-state index in [1.54, 1.807) is 0 Å². The van der Waals surface area contributed by atoms with Gasteiger partial charge in [0.2, 0.25) is 0 Å². The van der Waals surface area contributed by atoms with Gasteiger partial charge in [0.1, 0.15) is 22.3 Å². The van der Waals surface area contributed by atoms with Gasteiger partial charge in [-0.15, -0.1) is 24.0 Å². The van der Waals surface area contributed by atoms with Crippen LogP contribution in [0.3, 0.4) is 0 Å². The zero-order chi connectivity index (χ0) is 49.1. The maximum atomic E-state index is 6.11. The maximum Gasteiger partial charge on any atom is 0.137 e. The molecule has 5 heteroatoms. The lowest BCUT2D eigenvalue weighted by Crippen LogP contribution is -1.89. The van der Waals surface area contributed by atoms with E-state index in [1.165, 1.54) is 88.0 Å². The first-order valence-corrected chi connectivity index (χ1v) is 25.4. The summed E-state index contributed by atoms with van der Waals surface area (Å²) in [6.07, 6.45) is 0.865. The largest absolute Gasteiger partial charge is 0.456 e. The Morgan fingerprint density at radius 1 is 0.311 bits per heavy atom. The number of benzene rings is 12. The van der Waals surface area contributed by atoms with Crippen LogP contribution >= 0.6 is 39.9 Å². The molecule has 0 spiro atoms. The van der Waals surface area contributed by atoms with Crippen LogP contribution in [-0.2, 0) is 6.42 Å². The molecular weight excluding hydrogens is 1080 g/mol. The van der Waals surface area contributed by atoms with E-state index in [-0.39, 0.29) is 25.4 Å². The molecule has 0 bridgehead atoms. The zero-order valence-corrected chi connectivity index (χ0v) is 44.2. The topological polar surface area (TPSA) is 52.3 Å². The predicted molar refractivity (Wildman–Crippen MR) is 330 cm³/mol. The van der Waals surface area contributed by atoms with Crippen LogP contribution in [0.4, 0.5) is 5.69 Å². The molecule has 0 saturated carbocycles. The maximum absolute atomic E-state index is 6.11. The van der Waals surface area contributed by atoms with Crippen LogP contribution in [0.25, 0.3) is 110 Å². The number of nitrogen functional groups attached to an aromatic ring is 1. The number of hydrogen-bond acceptors (Lipinski definition) is 3. The van der Waals surface area contributed by atoms with Gasteiger partial charge in [0.25, 0.3) is 0 Å². The van der Waals surface area contributed by atoms with Gasteiger partial charge in [-0.1, -0.05) is 222 Å². The third-order valence-electron chi connectivity index (χ3n) is 13.6. The van der Waals surface area contributed by atoms with Crippen LogP contribution in [0, 0.1) is 0 Å². The number of nitrogens with two attached hydrogens (primary N) is 1. The summed E-state index contributed by atoms with van der Waals surface area (Å²) in [7, 11) is 0. The Balaban J connectivity index is 0.000000140. The number of para-hydroxylation sites is 2. The third kappa shape index (κ3) is 10.1. The lowest BCUT2D eigenvalue weighted by Gasteiger charge is -2.10. The summed E-state index contributed by atoms with van der Waals surface area (Å²) in [5.74, 6) is 0. The Hall–Kier alpha value is -8.23. The second-order valence-electron chi connectivity index (χ2n) is 18.4. The van der Waals surface area contributed by atoms with Gasteiger partial charge < -0.3 is 14.6 Å². The molecule has 2 N–H and O–H groups in total. The van der Waals surface area contributed by atoms with Crippen LogP contribution < -0.4 is 5.73 Å². The second-order valence-corrected chi connectivity index (χ2v) is 19.3. The van der Waals surface area contributed by atoms with Crippen molar-refractivity contribution in [3.05, 3.63) is 283 Å². The normalized spacial score (nSPS) is 11.0. The van der Waals surface area contributed by atoms with Crippen molar-refractivity contribution in [3.63, 3.8) is 0 Å². The molecule has 0 amide bonds. The van der Waals surface area contributed by atoms with E-state index in [1.807, 2.05) is 48.5 Å². The minimum Gasteiger partial charge on any atom is -0.456 e. The number of rotatable bonds is 6. The molecule has 0 aliphatic rings. The number of furan rings is 2. The fourth-order valence-corrected chi connectivity index (χ4v) is 10.5. The van der Waals surface area contributed by atoms with Crippen LogP contribution in [0.5, 0.6) is 0 Å². The van der Waals surface area contributed by atoms with Crippen molar-refractivity contribution in [1.82, 2.24) is 0 Å². The number of halogens is 2. The zero-order valence-electron chi connectivity index (χ0n) is 40.3. The van der Waals surface area contributed by atoms with Crippen LogP contribution in [0.1, 0.15) is 12.6 Å². The predicted octanol–water partition coefficient (Wildman–Crippen LogP) is 20.6. The Morgan fingerprint density at radius 2 is 0.716 bits per heavy atom. The highest BCUT2D eigenvalue weighted by molar-refractivity contribution is 14.0. The highest BCUT2D eigenvalue weighted by Gasteiger charge is 2.11. The molecule has 74 heavy (non-hydrogen) atoms. The van der Waals surface area contributed by atoms with Crippen LogP contribution in [0.15, 0.2) is 280 Å². The van der Waals surface area contributed by atoms with Crippen molar-refractivity contribution in [2.45, 2.75) is 6.42 Å². The summed E-state index contributed by atoms with van der Waals surface area (Å²) in [6, 6.07) is 93.7. The highest BCUT2D eigenvalue weighted by atomic mass is 127. The Bertz CT molecular complexity index is 4300. The van der Waals surface area contributed by atoms with E-state index < -0.39 is 0 Å². The molecule has 0 aliphatic carbocycles. The van der Waals surface area contributed by atoms with Gasteiger partial charge in [0.05, 0.1) is 0 Å². The first-order chi connectivity index (χ1) is 36.0. The average Bonchev–Trinajstić information content (AvgIpc) is 4.01. The molecule has 0 unspecified atom stereocenters. The summed E-state index contributed by atoms with van der Waals surface area (Å²) in [5.41, 5.74) is 22.6.